The molecule has 0 aliphatic carbocycles. The van der Waals surface area contributed by atoms with Crippen LogP contribution in [0.2, 0.25) is 0 Å². The number of alkyl halides is 3. The molecule has 0 saturated heterocycles. The summed E-state index contributed by atoms with van der Waals surface area (Å²) in [6.07, 6.45) is -4.39. The Morgan fingerprint density at radius 2 is 1.30 bits per heavy atom. The molecule has 2 aromatic rings. The Morgan fingerprint density at radius 1 is 0.870 bits per heavy atom. The first-order valence-electron chi connectivity index (χ1n) is 6.78. The van der Waals surface area contributed by atoms with E-state index in [4.69, 9.17) is 0 Å². The molecular weight excluding hydrogens is 307 g/mol. The molecule has 0 saturated carbocycles. The quantitative estimate of drug-likeness (QED) is 0.878. The number of nitrogens with zero attached hydrogens (tertiary/aromatic N) is 1. The Labute approximate surface area is 131 Å². The number of benzene rings is 2. The van der Waals surface area contributed by atoms with Crippen LogP contribution >= 0.6 is 0 Å². The van der Waals surface area contributed by atoms with Gasteiger partial charge in [-0.2, -0.15) is 13.2 Å². The molecule has 0 aliphatic heterocycles. The van der Waals surface area contributed by atoms with Crippen LogP contribution in [0.1, 0.15) is 5.56 Å². The maximum Gasteiger partial charge on any atom is 0.416 e. The van der Waals surface area contributed by atoms with Gasteiger partial charge in [-0.15, -0.1) is 0 Å². The Morgan fingerprint density at radius 3 is 1.70 bits per heavy atom. The number of hydrogen-bond donors (Lipinski definition) is 2. The molecule has 0 unspecified atom stereocenters. The van der Waals surface area contributed by atoms with Gasteiger partial charge in [0.05, 0.1) is 5.56 Å². The topological polar surface area (TPSA) is 44.4 Å². The van der Waals surface area contributed by atoms with Crippen molar-refractivity contribution in [3.8, 4) is 0 Å². The number of carbonyl (C=O) groups is 1. The standard InChI is InChI=1S/C16H16F3N3O/c1-22(2)14-9-7-13(8-10-14)21-15(23)20-12-5-3-11(4-6-12)16(17,18)19/h3-10H,1-2H3,(H2,20,21,23). The minimum atomic E-state index is -4.39. The maximum absolute atomic E-state index is 12.5. The molecule has 2 rings (SSSR count). The van der Waals surface area contributed by atoms with E-state index in [1.54, 1.807) is 12.1 Å². The Balaban J connectivity index is 1.96. The number of halogens is 3. The zero-order chi connectivity index (χ0) is 17.0. The van der Waals surface area contributed by atoms with Gasteiger partial charge < -0.3 is 15.5 Å². The monoisotopic (exact) mass is 323 g/mol. The fraction of sp³-hybridized carbons (Fsp3) is 0.188. The first-order valence-corrected chi connectivity index (χ1v) is 6.78. The van der Waals surface area contributed by atoms with Crippen molar-refractivity contribution in [3.63, 3.8) is 0 Å². The molecule has 4 nitrogen and oxygen atoms in total. The molecular formula is C16H16F3N3O. The number of urea groups is 1. The van der Waals surface area contributed by atoms with E-state index in [0.29, 0.717) is 5.69 Å². The molecule has 0 aliphatic rings. The smallest absolute Gasteiger partial charge is 0.378 e. The van der Waals surface area contributed by atoms with Crippen LogP contribution in [0.5, 0.6) is 0 Å². The van der Waals surface area contributed by atoms with Crippen molar-refractivity contribution in [2.24, 2.45) is 0 Å². The minimum Gasteiger partial charge on any atom is -0.378 e. The number of carbonyl (C=O) groups excluding carboxylic acids is 1. The van der Waals surface area contributed by atoms with Gasteiger partial charge in [0.15, 0.2) is 0 Å². The van der Waals surface area contributed by atoms with Crippen molar-refractivity contribution in [3.05, 3.63) is 54.1 Å². The molecule has 0 fully saturated rings. The summed E-state index contributed by atoms with van der Waals surface area (Å²) in [5.74, 6) is 0. The Hall–Kier alpha value is -2.70. The van der Waals surface area contributed by atoms with E-state index >= 15 is 0 Å². The fourth-order valence-electron chi connectivity index (χ4n) is 1.88. The Kier molecular flexibility index (Phi) is 4.78. The van der Waals surface area contributed by atoms with Crippen molar-refractivity contribution in [1.82, 2.24) is 0 Å². The third-order valence-corrected chi connectivity index (χ3v) is 3.11. The summed E-state index contributed by atoms with van der Waals surface area (Å²) in [4.78, 5) is 13.8. The van der Waals surface area contributed by atoms with Gasteiger partial charge in [-0.3, -0.25) is 0 Å². The summed E-state index contributed by atoms with van der Waals surface area (Å²) in [5, 5.41) is 5.09. The molecule has 7 heteroatoms. The van der Waals surface area contributed by atoms with E-state index in [1.165, 1.54) is 12.1 Å². The second-order valence-electron chi connectivity index (χ2n) is 5.10. The summed E-state index contributed by atoms with van der Waals surface area (Å²) >= 11 is 0. The normalized spacial score (nSPS) is 11.0. The first kappa shape index (κ1) is 16.7. The molecule has 23 heavy (non-hydrogen) atoms. The van der Waals surface area contributed by atoms with E-state index in [0.717, 1.165) is 17.8 Å². The summed E-state index contributed by atoms with van der Waals surface area (Å²) < 4.78 is 37.4. The van der Waals surface area contributed by atoms with Crippen LogP contribution in [-0.4, -0.2) is 20.1 Å². The average molecular weight is 323 g/mol. The summed E-state index contributed by atoms with van der Waals surface area (Å²) in [6, 6.07) is 10.9. The zero-order valence-corrected chi connectivity index (χ0v) is 12.6. The largest absolute Gasteiger partial charge is 0.416 e. The van der Waals surface area contributed by atoms with E-state index in [1.807, 2.05) is 31.1 Å². The van der Waals surface area contributed by atoms with Gasteiger partial charge in [0.1, 0.15) is 0 Å². The highest BCUT2D eigenvalue weighted by Crippen LogP contribution is 2.29. The number of amides is 2. The molecule has 0 atom stereocenters. The molecule has 2 N–H and O–H groups in total. The van der Waals surface area contributed by atoms with Gasteiger partial charge >= 0.3 is 12.2 Å². The molecule has 2 amide bonds. The van der Waals surface area contributed by atoms with Crippen molar-refractivity contribution in [1.29, 1.82) is 0 Å². The van der Waals surface area contributed by atoms with Gasteiger partial charge in [0, 0.05) is 31.2 Å². The predicted octanol–water partition coefficient (Wildman–Crippen LogP) is 4.42. The molecule has 0 heterocycles. The molecule has 0 radical (unpaired) electrons. The molecule has 0 spiro atoms. The van der Waals surface area contributed by atoms with Crippen molar-refractivity contribution < 1.29 is 18.0 Å². The summed E-state index contributed by atoms with van der Waals surface area (Å²) in [6.45, 7) is 0. The van der Waals surface area contributed by atoms with Gasteiger partial charge in [-0.25, -0.2) is 4.79 Å². The summed E-state index contributed by atoms with van der Waals surface area (Å²) in [7, 11) is 3.81. The van der Waals surface area contributed by atoms with E-state index < -0.39 is 17.8 Å². The van der Waals surface area contributed by atoms with E-state index in [9.17, 15) is 18.0 Å². The lowest BCUT2D eigenvalue weighted by molar-refractivity contribution is -0.137. The number of nitrogens with one attached hydrogen (secondary N) is 2. The lowest BCUT2D eigenvalue weighted by atomic mass is 10.2. The fourth-order valence-corrected chi connectivity index (χ4v) is 1.88. The number of hydrogen-bond acceptors (Lipinski definition) is 2. The maximum atomic E-state index is 12.5. The van der Waals surface area contributed by atoms with Crippen LogP contribution < -0.4 is 15.5 Å². The predicted molar refractivity (Wildman–Crippen MR) is 84.9 cm³/mol. The molecule has 0 bridgehead atoms. The van der Waals surface area contributed by atoms with Crippen molar-refractivity contribution in [2.75, 3.05) is 29.6 Å². The molecule has 2 aromatic carbocycles. The van der Waals surface area contributed by atoms with Crippen LogP contribution in [0.3, 0.4) is 0 Å². The highest BCUT2D eigenvalue weighted by molar-refractivity contribution is 5.99. The molecule has 0 aromatic heterocycles. The van der Waals surface area contributed by atoms with Crippen molar-refractivity contribution in [2.45, 2.75) is 6.18 Å². The lowest BCUT2D eigenvalue weighted by Gasteiger charge is -2.13. The minimum absolute atomic E-state index is 0.278. The van der Waals surface area contributed by atoms with E-state index in [2.05, 4.69) is 10.6 Å². The van der Waals surface area contributed by atoms with Crippen LogP contribution in [0.15, 0.2) is 48.5 Å². The van der Waals surface area contributed by atoms with Gasteiger partial charge in [-0.1, -0.05) is 0 Å². The van der Waals surface area contributed by atoms with Crippen LogP contribution in [-0.2, 0) is 6.18 Å². The third-order valence-electron chi connectivity index (χ3n) is 3.11. The van der Waals surface area contributed by atoms with Crippen molar-refractivity contribution >= 4 is 23.1 Å². The first-order chi connectivity index (χ1) is 10.8. The highest BCUT2D eigenvalue weighted by atomic mass is 19.4. The second kappa shape index (κ2) is 6.60. The summed E-state index contributed by atoms with van der Waals surface area (Å²) in [5.41, 5.74) is 1.09. The van der Waals surface area contributed by atoms with Gasteiger partial charge in [-0.05, 0) is 48.5 Å². The highest BCUT2D eigenvalue weighted by Gasteiger charge is 2.29. The SMILES string of the molecule is CN(C)c1ccc(NC(=O)Nc2ccc(C(F)(F)F)cc2)cc1. The average Bonchev–Trinajstić information content (AvgIpc) is 2.47. The lowest BCUT2D eigenvalue weighted by Crippen LogP contribution is -2.19. The number of rotatable bonds is 3. The number of anilines is 3. The Bertz CT molecular complexity index is 664. The second-order valence-corrected chi connectivity index (χ2v) is 5.10. The van der Waals surface area contributed by atoms with Crippen LogP contribution in [0.4, 0.5) is 35.0 Å². The molecule has 122 valence electrons. The van der Waals surface area contributed by atoms with E-state index in [-0.39, 0.29) is 5.69 Å². The van der Waals surface area contributed by atoms with Crippen LogP contribution in [0, 0.1) is 0 Å². The zero-order valence-electron chi connectivity index (χ0n) is 12.6. The van der Waals surface area contributed by atoms with Gasteiger partial charge in [0.25, 0.3) is 0 Å². The van der Waals surface area contributed by atoms with Crippen LogP contribution in [0.25, 0.3) is 0 Å². The third kappa shape index (κ3) is 4.64. The van der Waals surface area contributed by atoms with Gasteiger partial charge in [0.2, 0.25) is 0 Å².